The van der Waals surface area contributed by atoms with Gasteiger partial charge < -0.3 is 14.8 Å². The maximum absolute atomic E-state index is 12.5. The van der Waals surface area contributed by atoms with Crippen molar-refractivity contribution in [3.63, 3.8) is 0 Å². The molecule has 0 aliphatic carbocycles. The van der Waals surface area contributed by atoms with Crippen LogP contribution in [-0.2, 0) is 6.54 Å². The topological polar surface area (TPSA) is 123 Å². The van der Waals surface area contributed by atoms with Gasteiger partial charge in [0.25, 0.3) is 5.56 Å². The molecule has 8 nitrogen and oxygen atoms in total. The van der Waals surface area contributed by atoms with Crippen LogP contribution >= 0.6 is 0 Å². The van der Waals surface area contributed by atoms with Crippen molar-refractivity contribution in [3.8, 4) is 11.5 Å². The normalized spacial score (nSPS) is 10.5. The first kappa shape index (κ1) is 17.2. The largest absolute Gasteiger partial charge is 0.502 e. The highest BCUT2D eigenvalue weighted by Gasteiger charge is 2.26. The van der Waals surface area contributed by atoms with Crippen molar-refractivity contribution < 1.29 is 19.9 Å². The number of pyridine rings is 1. The number of phenolic OH excluding ortho intramolecular Hbond substituents is 2. The molecule has 0 aliphatic rings. The zero-order chi connectivity index (χ0) is 17.9. The van der Waals surface area contributed by atoms with Crippen molar-refractivity contribution >= 4 is 11.5 Å². The highest BCUT2D eigenvalue weighted by Crippen LogP contribution is 2.38. The van der Waals surface area contributed by atoms with Crippen molar-refractivity contribution in [1.82, 2.24) is 4.57 Å². The summed E-state index contributed by atoms with van der Waals surface area (Å²) < 4.78 is 1.38. The Kier molecular flexibility index (Phi) is 4.98. The minimum Gasteiger partial charge on any atom is -0.502 e. The third-order valence-corrected chi connectivity index (χ3v) is 3.56. The van der Waals surface area contributed by atoms with Gasteiger partial charge in [0.15, 0.2) is 11.5 Å². The fourth-order valence-corrected chi connectivity index (χ4v) is 2.26. The molecule has 1 heterocycles. The molecule has 0 unspecified atom stereocenters. The number of hydrogen-bond acceptors (Lipinski definition) is 6. The van der Waals surface area contributed by atoms with Gasteiger partial charge in [0.05, 0.1) is 10.5 Å². The Labute approximate surface area is 136 Å². The van der Waals surface area contributed by atoms with Gasteiger partial charge in [0.1, 0.15) is 0 Å². The van der Waals surface area contributed by atoms with E-state index >= 15 is 0 Å². The van der Waals surface area contributed by atoms with Crippen LogP contribution in [0.25, 0.3) is 0 Å². The molecular weight excluding hydrogens is 316 g/mol. The highest BCUT2D eigenvalue weighted by molar-refractivity contribution is 6.11. The first-order valence-electron chi connectivity index (χ1n) is 7.31. The zero-order valence-corrected chi connectivity index (χ0v) is 12.9. The van der Waals surface area contributed by atoms with Crippen LogP contribution in [-0.4, -0.2) is 25.5 Å². The molecule has 2 rings (SSSR count). The van der Waals surface area contributed by atoms with E-state index in [4.69, 9.17) is 0 Å². The SMILES string of the molecule is CCCCn1cc(C(=O)c2ccc(O)c([N+](=O)[O-])c2O)ccc1=O. The number of aromatic nitrogens is 1. The number of nitro groups is 1. The van der Waals surface area contributed by atoms with Crippen molar-refractivity contribution in [2.45, 2.75) is 26.3 Å². The van der Waals surface area contributed by atoms with Crippen LogP contribution in [0.1, 0.15) is 35.7 Å². The van der Waals surface area contributed by atoms with Crippen molar-refractivity contribution in [1.29, 1.82) is 0 Å². The number of hydrogen-bond donors (Lipinski definition) is 2. The Morgan fingerprint density at radius 3 is 2.58 bits per heavy atom. The molecule has 0 spiro atoms. The van der Waals surface area contributed by atoms with Gasteiger partial charge in [-0.15, -0.1) is 0 Å². The summed E-state index contributed by atoms with van der Waals surface area (Å²) >= 11 is 0. The summed E-state index contributed by atoms with van der Waals surface area (Å²) in [6, 6.07) is 4.60. The summed E-state index contributed by atoms with van der Waals surface area (Å²) in [4.78, 5) is 34.2. The number of unbranched alkanes of at least 4 members (excludes halogenated alkanes) is 1. The maximum atomic E-state index is 12.5. The van der Waals surface area contributed by atoms with Crippen LogP contribution in [0, 0.1) is 10.1 Å². The molecule has 0 fully saturated rings. The van der Waals surface area contributed by atoms with E-state index in [1.165, 1.54) is 22.9 Å². The van der Waals surface area contributed by atoms with E-state index in [1.807, 2.05) is 6.92 Å². The minimum absolute atomic E-state index is 0.112. The van der Waals surface area contributed by atoms with Gasteiger partial charge >= 0.3 is 5.69 Å². The molecule has 2 N–H and O–H groups in total. The highest BCUT2D eigenvalue weighted by atomic mass is 16.6. The molecule has 1 aromatic heterocycles. The molecule has 0 amide bonds. The Morgan fingerprint density at radius 1 is 1.25 bits per heavy atom. The number of nitrogens with zero attached hydrogens (tertiary/aromatic N) is 2. The summed E-state index contributed by atoms with van der Waals surface area (Å²) in [6.07, 6.45) is 2.99. The quantitative estimate of drug-likeness (QED) is 0.475. The number of rotatable bonds is 6. The number of nitro benzene ring substituents is 1. The van der Waals surface area contributed by atoms with Crippen LogP contribution in [0.4, 0.5) is 5.69 Å². The molecule has 0 saturated heterocycles. The number of carbonyl (C=O) groups is 1. The van der Waals surface area contributed by atoms with Crippen LogP contribution in [0.5, 0.6) is 11.5 Å². The van der Waals surface area contributed by atoms with Crippen LogP contribution in [0.3, 0.4) is 0 Å². The molecular formula is C16H16N2O6. The van der Waals surface area contributed by atoms with Crippen molar-refractivity contribution in [2.75, 3.05) is 0 Å². The van der Waals surface area contributed by atoms with E-state index in [2.05, 4.69) is 0 Å². The van der Waals surface area contributed by atoms with E-state index < -0.39 is 27.9 Å². The van der Waals surface area contributed by atoms with Gasteiger partial charge in [-0.05, 0) is 24.6 Å². The van der Waals surface area contributed by atoms with E-state index in [9.17, 15) is 29.9 Å². The van der Waals surface area contributed by atoms with Crippen LogP contribution in [0.15, 0.2) is 35.3 Å². The number of phenols is 2. The Bertz CT molecular complexity index is 856. The third-order valence-electron chi connectivity index (χ3n) is 3.56. The number of carbonyl (C=O) groups excluding carboxylic acids is 1. The van der Waals surface area contributed by atoms with Gasteiger partial charge in [-0.25, -0.2) is 0 Å². The molecule has 0 bridgehead atoms. The fraction of sp³-hybridized carbons (Fsp3) is 0.250. The molecule has 0 radical (unpaired) electrons. The van der Waals surface area contributed by atoms with Gasteiger partial charge in [-0.3, -0.25) is 19.7 Å². The Balaban J connectivity index is 2.48. The molecule has 126 valence electrons. The first-order valence-corrected chi connectivity index (χ1v) is 7.31. The Morgan fingerprint density at radius 2 is 1.96 bits per heavy atom. The standard InChI is InChI=1S/C16H16N2O6/c1-2-3-8-17-9-10(4-7-13(17)20)15(21)11-5-6-12(19)14(16(11)22)18(23)24/h4-7,9,19,22H,2-3,8H2,1H3. The van der Waals surface area contributed by atoms with Gasteiger partial charge in [0.2, 0.25) is 5.75 Å². The van der Waals surface area contributed by atoms with E-state index in [0.717, 1.165) is 25.0 Å². The second kappa shape index (κ2) is 6.95. The van der Waals surface area contributed by atoms with Crippen molar-refractivity contribution in [2.24, 2.45) is 0 Å². The molecule has 0 aliphatic heterocycles. The number of aromatic hydroxyl groups is 2. The molecule has 1 aromatic carbocycles. The van der Waals surface area contributed by atoms with Crippen molar-refractivity contribution in [3.05, 3.63) is 62.1 Å². The average Bonchev–Trinajstić information content (AvgIpc) is 2.53. The lowest BCUT2D eigenvalue weighted by Crippen LogP contribution is -2.20. The predicted molar refractivity (Wildman–Crippen MR) is 85.5 cm³/mol. The molecule has 0 saturated carbocycles. The lowest BCUT2D eigenvalue weighted by atomic mass is 10.0. The second-order valence-corrected chi connectivity index (χ2v) is 5.22. The molecule has 24 heavy (non-hydrogen) atoms. The van der Waals surface area contributed by atoms with Gasteiger partial charge in [-0.2, -0.15) is 0 Å². The van der Waals surface area contributed by atoms with Crippen LogP contribution < -0.4 is 5.56 Å². The van der Waals surface area contributed by atoms with Gasteiger partial charge in [0, 0.05) is 24.4 Å². The molecule has 2 aromatic rings. The summed E-state index contributed by atoms with van der Waals surface area (Å²) in [6.45, 7) is 2.41. The summed E-state index contributed by atoms with van der Waals surface area (Å²) in [5, 5.41) is 30.3. The van der Waals surface area contributed by atoms with E-state index in [0.29, 0.717) is 6.54 Å². The number of ketones is 1. The lowest BCUT2D eigenvalue weighted by molar-refractivity contribution is -0.386. The monoisotopic (exact) mass is 332 g/mol. The lowest BCUT2D eigenvalue weighted by Gasteiger charge is -2.09. The minimum atomic E-state index is -0.969. The zero-order valence-electron chi connectivity index (χ0n) is 12.9. The first-order chi connectivity index (χ1) is 11.4. The average molecular weight is 332 g/mol. The summed E-state index contributed by atoms with van der Waals surface area (Å²) in [5.74, 6) is -2.32. The van der Waals surface area contributed by atoms with E-state index in [-0.39, 0.29) is 16.7 Å². The summed E-state index contributed by atoms with van der Waals surface area (Å²) in [5.41, 5.74) is -1.40. The predicted octanol–water partition coefficient (Wildman–Crippen LogP) is 2.20. The fourth-order valence-electron chi connectivity index (χ4n) is 2.26. The smallest absolute Gasteiger partial charge is 0.352 e. The second-order valence-electron chi connectivity index (χ2n) is 5.22. The van der Waals surface area contributed by atoms with Gasteiger partial charge in [-0.1, -0.05) is 13.3 Å². The Hall–Kier alpha value is -3.16. The van der Waals surface area contributed by atoms with Crippen LogP contribution in [0.2, 0.25) is 0 Å². The number of aryl methyl sites for hydroxylation is 1. The third kappa shape index (κ3) is 3.27. The van der Waals surface area contributed by atoms with E-state index in [1.54, 1.807) is 0 Å². The molecule has 8 heteroatoms. The summed E-state index contributed by atoms with van der Waals surface area (Å²) in [7, 11) is 0. The number of benzene rings is 1. The molecule has 0 atom stereocenters. The maximum Gasteiger partial charge on any atom is 0.352 e.